The van der Waals surface area contributed by atoms with Crippen molar-refractivity contribution in [2.75, 3.05) is 24.6 Å². The molecule has 1 N–H and O–H groups in total. The lowest BCUT2D eigenvalue weighted by Gasteiger charge is -2.19. The van der Waals surface area contributed by atoms with Crippen LogP contribution in [-0.4, -0.2) is 37.6 Å². The van der Waals surface area contributed by atoms with Crippen molar-refractivity contribution < 1.29 is 14.3 Å². The molecule has 6 heteroatoms. The summed E-state index contributed by atoms with van der Waals surface area (Å²) in [5.74, 6) is -0.425. The lowest BCUT2D eigenvalue weighted by Crippen LogP contribution is -2.37. The van der Waals surface area contributed by atoms with E-state index in [0.717, 1.165) is 30.7 Å². The number of nitrogens with one attached hydrogen (secondary N) is 1. The highest BCUT2D eigenvalue weighted by Crippen LogP contribution is 2.30. The number of nitrogens with zero attached hydrogens (tertiary/aromatic N) is 1. The summed E-state index contributed by atoms with van der Waals surface area (Å²) >= 11 is 6.03. The minimum atomic E-state index is -0.317. The summed E-state index contributed by atoms with van der Waals surface area (Å²) in [6.45, 7) is 3.63. The van der Waals surface area contributed by atoms with Crippen LogP contribution in [0.25, 0.3) is 0 Å². The van der Waals surface area contributed by atoms with Crippen LogP contribution in [-0.2, 0) is 14.3 Å². The van der Waals surface area contributed by atoms with Gasteiger partial charge < -0.3 is 15.0 Å². The van der Waals surface area contributed by atoms with Gasteiger partial charge in [-0.15, -0.1) is 0 Å². The van der Waals surface area contributed by atoms with Gasteiger partial charge >= 0.3 is 0 Å². The number of carbonyl (C=O) groups is 2. The van der Waals surface area contributed by atoms with E-state index < -0.39 is 0 Å². The molecule has 1 aromatic carbocycles. The Hall–Kier alpha value is -1.59. The van der Waals surface area contributed by atoms with Crippen LogP contribution in [0.2, 0.25) is 5.02 Å². The highest BCUT2D eigenvalue weighted by atomic mass is 35.5. The Labute approximate surface area is 140 Å². The fourth-order valence-corrected chi connectivity index (χ4v) is 3.32. The van der Waals surface area contributed by atoms with Gasteiger partial charge in [0.1, 0.15) is 0 Å². The van der Waals surface area contributed by atoms with Crippen molar-refractivity contribution in [3.05, 3.63) is 28.8 Å². The van der Waals surface area contributed by atoms with Gasteiger partial charge in [-0.05, 0) is 37.5 Å². The molecular weight excluding hydrogens is 316 g/mol. The maximum absolute atomic E-state index is 12.3. The summed E-state index contributed by atoms with van der Waals surface area (Å²) in [5, 5.41) is 3.50. The number of hydrogen-bond acceptors (Lipinski definition) is 3. The van der Waals surface area contributed by atoms with Gasteiger partial charge in [0.05, 0.1) is 12.0 Å². The number of amides is 2. The minimum Gasteiger partial charge on any atom is -0.376 e. The SMILES string of the molecule is Cc1ccc(Cl)cc1N1CC(C(=O)NCC2CCCO2)CC1=O. The molecule has 3 rings (SSSR count). The molecule has 0 aromatic heterocycles. The largest absolute Gasteiger partial charge is 0.376 e. The van der Waals surface area contributed by atoms with E-state index in [1.165, 1.54) is 0 Å². The van der Waals surface area contributed by atoms with Gasteiger partial charge in [0.25, 0.3) is 0 Å². The average Bonchev–Trinajstić information content (AvgIpc) is 3.17. The molecule has 2 aliphatic rings. The molecule has 2 amide bonds. The lowest BCUT2D eigenvalue weighted by atomic mass is 10.1. The zero-order valence-electron chi connectivity index (χ0n) is 13.2. The van der Waals surface area contributed by atoms with Crippen molar-refractivity contribution in [2.45, 2.75) is 32.3 Å². The van der Waals surface area contributed by atoms with Crippen molar-refractivity contribution >= 4 is 29.1 Å². The van der Waals surface area contributed by atoms with Gasteiger partial charge in [0, 0.05) is 36.8 Å². The van der Waals surface area contributed by atoms with Crippen LogP contribution in [0.5, 0.6) is 0 Å². The molecule has 2 saturated heterocycles. The molecule has 2 atom stereocenters. The molecule has 0 saturated carbocycles. The average molecular weight is 337 g/mol. The second-order valence-corrected chi connectivity index (χ2v) is 6.65. The Morgan fingerprint density at radius 3 is 3.04 bits per heavy atom. The van der Waals surface area contributed by atoms with E-state index in [1.54, 1.807) is 17.0 Å². The second kappa shape index (κ2) is 6.89. The fraction of sp³-hybridized carbons (Fsp3) is 0.529. The predicted octanol–water partition coefficient (Wildman–Crippen LogP) is 2.30. The molecule has 23 heavy (non-hydrogen) atoms. The number of carbonyl (C=O) groups excluding carboxylic acids is 2. The van der Waals surface area contributed by atoms with Gasteiger partial charge in [-0.25, -0.2) is 0 Å². The molecule has 5 nitrogen and oxygen atoms in total. The molecule has 2 aliphatic heterocycles. The molecule has 124 valence electrons. The van der Waals surface area contributed by atoms with E-state index in [2.05, 4.69) is 5.32 Å². The summed E-state index contributed by atoms with van der Waals surface area (Å²) in [7, 11) is 0. The second-order valence-electron chi connectivity index (χ2n) is 6.22. The van der Waals surface area contributed by atoms with E-state index in [0.29, 0.717) is 18.1 Å². The third-order valence-corrected chi connectivity index (χ3v) is 4.72. The van der Waals surface area contributed by atoms with E-state index in [4.69, 9.17) is 16.3 Å². The molecule has 2 unspecified atom stereocenters. The van der Waals surface area contributed by atoms with Crippen LogP contribution in [0, 0.1) is 12.8 Å². The molecule has 0 radical (unpaired) electrons. The number of ether oxygens (including phenoxy) is 1. The standard InChI is InChI=1S/C17H21ClN2O3/c1-11-4-5-13(18)8-15(11)20-10-12(7-16(20)21)17(22)19-9-14-3-2-6-23-14/h4-5,8,12,14H,2-3,6-7,9-10H2,1H3,(H,19,22). The lowest BCUT2D eigenvalue weighted by molar-refractivity contribution is -0.126. The van der Waals surface area contributed by atoms with Crippen LogP contribution in [0.3, 0.4) is 0 Å². The first kappa shape index (κ1) is 16.3. The van der Waals surface area contributed by atoms with Crippen LogP contribution >= 0.6 is 11.6 Å². The molecule has 1 aromatic rings. The molecule has 2 fully saturated rings. The summed E-state index contributed by atoms with van der Waals surface area (Å²) < 4.78 is 5.50. The third kappa shape index (κ3) is 3.67. The normalized spacial score (nSPS) is 24.3. The summed E-state index contributed by atoms with van der Waals surface area (Å²) in [5.41, 5.74) is 1.76. The Bertz CT molecular complexity index is 614. The molecule has 0 bridgehead atoms. The predicted molar refractivity (Wildman–Crippen MR) is 88.6 cm³/mol. The first-order valence-corrected chi connectivity index (χ1v) is 8.38. The molecular formula is C17H21ClN2O3. The van der Waals surface area contributed by atoms with Crippen LogP contribution in [0.1, 0.15) is 24.8 Å². The van der Waals surface area contributed by atoms with Gasteiger partial charge in [0.2, 0.25) is 11.8 Å². The number of anilines is 1. The Kier molecular flexibility index (Phi) is 4.87. The summed E-state index contributed by atoms with van der Waals surface area (Å²) in [6, 6.07) is 5.46. The Balaban J connectivity index is 1.62. The van der Waals surface area contributed by atoms with Crippen molar-refractivity contribution in [1.82, 2.24) is 5.32 Å². The Morgan fingerprint density at radius 2 is 2.30 bits per heavy atom. The van der Waals surface area contributed by atoms with Crippen LogP contribution in [0.4, 0.5) is 5.69 Å². The quantitative estimate of drug-likeness (QED) is 0.917. The zero-order valence-corrected chi connectivity index (χ0v) is 13.9. The van der Waals surface area contributed by atoms with E-state index >= 15 is 0 Å². The number of halogens is 1. The molecule has 2 heterocycles. The van der Waals surface area contributed by atoms with Gasteiger partial charge in [-0.1, -0.05) is 17.7 Å². The molecule has 0 spiro atoms. The topological polar surface area (TPSA) is 58.6 Å². The number of rotatable bonds is 4. The fourth-order valence-electron chi connectivity index (χ4n) is 3.15. The van der Waals surface area contributed by atoms with Crippen molar-refractivity contribution in [3.63, 3.8) is 0 Å². The van der Waals surface area contributed by atoms with Crippen molar-refractivity contribution in [3.8, 4) is 0 Å². The smallest absolute Gasteiger partial charge is 0.227 e. The maximum Gasteiger partial charge on any atom is 0.227 e. The van der Waals surface area contributed by atoms with E-state index in [-0.39, 0.29) is 30.3 Å². The van der Waals surface area contributed by atoms with Crippen molar-refractivity contribution in [1.29, 1.82) is 0 Å². The van der Waals surface area contributed by atoms with Crippen molar-refractivity contribution in [2.24, 2.45) is 5.92 Å². The molecule has 0 aliphatic carbocycles. The van der Waals surface area contributed by atoms with E-state index in [9.17, 15) is 9.59 Å². The Morgan fingerprint density at radius 1 is 1.48 bits per heavy atom. The highest BCUT2D eigenvalue weighted by Gasteiger charge is 2.36. The third-order valence-electron chi connectivity index (χ3n) is 4.49. The van der Waals surface area contributed by atoms with Gasteiger partial charge in [-0.2, -0.15) is 0 Å². The number of aryl methyl sites for hydroxylation is 1. The van der Waals surface area contributed by atoms with Gasteiger partial charge in [0.15, 0.2) is 0 Å². The maximum atomic E-state index is 12.3. The zero-order chi connectivity index (χ0) is 16.4. The first-order valence-electron chi connectivity index (χ1n) is 8.00. The summed E-state index contributed by atoms with van der Waals surface area (Å²) in [6.07, 6.45) is 2.38. The van der Waals surface area contributed by atoms with Crippen LogP contribution in [0.15, 0.2) is 18.2 Å². The number of benzene rings is 1. The van der Waals surface area contributed by atoms with E-state index in [1.807, 2.05) is 13.0 Å². The van der Waals surface area contributed by atoms with Crippen LogP contribution < -0.4 is 10.2 Å². The highest BCUT2D eigenvalue weighted by molar-refractivity contribution is 6.31. The first-order chi connectivity index (χ1) is 11.0. The minimum absolute atomic E-state index is 0.0346. The monoisotopic (exact) mass is 336 g/mol. The summed E-state index contributed by atoms with van der Waals surface area (Å²) in [4.78, 5) is 26.3. The number of hydrogen-bond donors (Lipinski definition) is 1. The van der Waals surface area contributed by atoms with Gasteiger partial charge in [-0.3, -0.25) is 9.59 Å².